The van der Waals surface area contributed by atoms with Crippen LogP contribution in [0.15, 0.2) is 5.11 Å². The van der Waals surface area contributed by atoms with Gasteiger partial charge in [0.15, 0.2) is 6.73 Å². The highest BCUT2D eigenvalue weighted by atomic mass is 16.6. The quantitative estimate of drug-likeness (QED) is 0.136. The molecule has 1 amide bonds. The van der Waals surface area contributed by atoms with Crippen LogP contribution in [0.2, 0.25) is 0 Å². The van der Waals surface area contributed by atoms with Gasteiger partial charge in [-0.1, -0.05) is 5.11 Å². The minimum Gasteiger partial charge on any atom is -0.442 e. The maximum atomic E-state index is 10.0. The van der Waals surface area contributed by atoms with Crippen LogP contribution in [0.4, 0.5) is 4.79 Å². The van der Waals surface area contributed by atoms with Gasteiger partial charge in [0, 0.05) is 4.91 Å². The molecule has 0 fully saturated rings. The summed E-state index contributed by atoms with van der Waals surface area (Å²) in [5, 5.41) is 2.90. The van der Waals surface area contributed by atoms with Crippen LogP contribution >= 0.6 is 0 Å². The molecule has 9 heavy (non-hydrogen) atoms. The Morgan fingerprint density at radius 3 is 3.11 bits per heavy atom. The maximum Gasteiger partial charge on any atom is 0.421 e. The first kappa shape index (κ1) is 7.54. The van der Waals surface area contributed by atoms with Crippen LogP contribution in [0, 0.1) is 0 Å². The van der Waals surface area contributed by atoms with Gasteiger partial charge in [-0.05, 0) is 5.53 Å². The fourth-order valence-corrected chi connectivity index (χ4v) is 0.155. The second-order valence-corrected chi connectivity index (χ2v) is 0.936. The first-order chi connectivity index (χ1) is 4.31. The molecule has 0 aromatic carbocycles. The average molecular weight is 131 g/mol. The summed E-state index contributed by atoms with van der Waals surface area (Å²) in [7, 11) is 0. The Bertz CT molecular complexity index is 138. The number of nitrogens with zero attached hydrogens (tertiary/aromatic N) is 3. The number of amides is 1. The molecule has 3 N–H and O–H groups in total. The molecule has 0 bridgehead atoms. The molecule has 0 radical (unpaired) electrons. The van der Waals surface area contributed by atoms with Crippen LogP contribution in [-0.2, 0) is 4.74 Å². The highest BCUT2D eigenvalue weighted by molar-refractivity contribution is 5.66. The number of nitrogens with one attached hydrogen (secondary N) is 1. The number of carbonyl (C=O) groups is 1. The number of rotatable bonds is 2. The molecule has 0 aromatic heterocycles. The summed E-state index contributed by atoms with van der Waals surface area (Å²) >= 11 is 0. The summed E-state index contributed by atoms with van der Waals surface area (Å²) in [4.78, 5) is 12.4. The van der Waals surface area contributed by atoms with E-state index in [1.54, 1.807) is 5.43 Å². The molecule has 0 saturated carbocycles. The van der Waals surface area contributed by atoms with E-state index in [1.165, 1.54) is 0 Å². The second kappa shape index (κ2) is 4.69. The largest absolute Gasteiger partial charge is 0.442 e. The Labute approximate surface area is 50.4 Å². The van der Waals surface area contributed by atoms with E-state index in [4.69, 9.17) is 5.53 Å². The van der Waals surface area contributed by atoms with Gasteiger partial charge in [0.1, 0.15) is 0 Å². The summed E-state index contributed by atoms with van der Waals surface area (Å²) in [6.07, 6.45) is -0.831. The lowest BCUT2D eigenvalue weighted by atomic mass is 11.2. The molecular weight excluding hydrogens is 126 g/mol. The van der Waals surface area contributed by atoms with E-state index >= 15 is 0 Å². The molecule has 50 valence electrons. The van der Waals surface area contributed by atoms with Crippen LogP contribution in [0.25, 0.3) is 10.4 Å². The zero-order chi connectivity index (χ0) is 7.11. The molecule has 0 aromatic rings. The third-order valence-electron chi connectivity index (χ3n) is 0.434. The van der Waals surface area contributed by atoms with Crippen LogP contribution in [-0.4, -0.2) is 12.8 Å². The van der Waals surface area contributed by atoms with E-state index in [2.05, 4.69) is 20.6 Å². The fraction of sp³-hybridized carbons (Fsp3) is 0.500. The molecule has 0 unspecified atom stereocenters. The maximum absolute atomic E-state index is 10.0. The lowest BCUT2D eigenvalue weighted by Crippen LogP contribution is -2.30. The summed E-state index contributed by atoms with van der Waals surface area (Å²) in [5.74, 6) is 4.59. The first-order valence-corrected chi connectivity index (χ1v) is 1.95. The Hall–Kier alpha value is -1.46. The van der Waals surface area contributed by atoms with Crippen molar-refractivity contribution in [3.05, 3.63) is 10.4 Å². The van der Waals surface area contributed by atoms with Crippen molar-refractivity contribution in [2.45, 2.75) is 0 Å². The Morgan fingerprint density at radius 2 is 2.67 bits per heavy atom. The molecular formula is C2H5N5O2. The van der Waals surface area contributed by atoms with Crippen LogP contribution in [0.5, 0.6) is 0 Å². The highest BCUT2D eigenvalue weighted by Gasteiger charge is 1.92. The van der Waals surface area contributed by atoms with Crippen molar-refractivity contribution in [1.82, 2.24) is 5.43 Å². The van der Waals surface area contributed by atoms with Crippen molar-refractivity contribution < 1.29 is 9.53 Å². The van der Waals surface area contributed by atoms with Gasteiger partial charge in [-0.2, -0.15) is 0 Å². The van der Waals surface area contributed by atoms with Crippen LogP contribution in [0.1, 0.15) is 0 Å². The van der Waals surface area contributed by atoms with Gasteiger partial charge in [-0.3, -0.25) is 5.43 Å². The van der Waals surface area contributed by atoms with E-state index in [0.29, 0.717) is 0 Å². The van der Waals surface area contributed by atoms with Crippen molar-refractivity contribution in [1.29, 1.82) is 0 Å². The molecule has 0 aliphatic heterocycles. The summed E-state index contributed by atoms with van der Waals surface area (Å²) in [6, 6.07) is 0. The smallest absolute Gasteiger partial charge is 0.421 e. The van der Waals surface area contributed by atoms with Crippen molar-refractivity contribution in [3.63, 3.8) is 0 Å². The van der Waals surface area contributed by atoms with E-state index in [0.717, 1.165) is 0 Å². The van der Waals surface area contributed by atoms with E-state index < -0.39 is 6.09 Å². The Balaban J connectivity index is 3.27. The number of hydrazine groups is 1. The van der Waals surface area contributed by atoms with Crippen molar-refractivity contribution in [2.75, 3.05) is 6.73 Å². The number of hydrogen-bond donors (Lipinski definition) is 2. The Morgan fingerprint density at radius 1 is 2.00 bits per heavy atom. The third-order valence-corrected chi connectivity index (χ3v) is 0.434. The van der Waals surface area contributed by atoms with Crippen molar-refractivity contribution in [3.8, 4) is 0 Å². The highest BCUT2D eigenvalue weighted by Crippen LogP contribution is 1.75. The average Bonchev–Trinajstić information content (AvgIpc) is 1.89. The molecule has 0 rings (SSSR count). The summed E-state index contributed by atoms with van der Waals surface area (Å²) < 4.78 is 4.14. The van der Waals surface area contributed by atoms with Gasteiger partial charge in [-0.15, -0.1) is 0 Å². The minimum atomic E-state index is -0.831. The number of azide groups is 1. The lowest BCUT2D eigenvalue weighted by Gasteiger charge is -1.95. The van der Waals surface area contributed by atoms with E-state index in [9.17, 15) is 4.79 Å². The number of carbonyl (C=O) groups excluding carboxylic acids is 1. The summed E-state index contributed by atoms with van der Waals surface area (Å²) in [6.45, 7) is -0.348. The van der Waals surface area contributed by atoms with Gasteiger partial charge in [0.2, 0.25) is 0 Å². The Kier molecular flexibility index (Phi) is 3.93. The molecule has 0 heterocycles. The molecule has 0 aliphatic rings. The van der Waals surface area contributed by atoms with Crippen LogP contribution in [0.3, 0.4) is 0 Å². The van der Waals surface area contributed by atoms with Crippen molar-refractivity contribution in [2.24, 2.45) is 11.0 Å². The normalized spacial score (nSPS) is 7.22. The van der Waals surface area contributed by atoms with E-state index in [1.807, 2.05) is 0 Å². The fourth-order valence-electron chi connectivity index (χ4n) is 0.155. The van der Waals surface area contributed by atoms with E-state index in [-0.39, 0.29) is 6.73 Å². The molecule has 0 atom stereocenters. The topological polar surface area (TPSA) is 113 Å². The molecule has 0 saturated heterocycles. The number of nitrogens with two attached hydrogens (primary N) is 1. The van der Waals surface area contributed by atoms with Gasteiger partial charge in [-0.25, -0.2) is 10.6 Å². The SMILES string of the molecule is [N-]=[N+]=NCOC(=O)NN. The number of ether oxygens (including phenoxy) is 1. The van der Waals surface area contributed by atoms with Gasteiger partial charge < -0.3 is 4.74 Å². The zero-order valence-electron chi connectivity index (χ0n) is 4.44. The van der Waals surface area contributed by atoms with Crippen LogP contribution < -0.4 is 11.3 Å². The minimum absolute atomic E-state index is 0.348. The number of hydrogen-bond acceptors (Lipinski definition) is 4. The zero-order valence-corrected chi connectivity index (χ0v) is 4.44. The predicted molar refractivity (Wildman–Crippen MR) is 27.8 cm³/mol. The predicted octanol–water partition coefficient (Wildman–Crippen LogP) is -0.146. The lowest BCUT2D eigenvalue weighted by molar-refractivity contribution is 0.149. The molecule has 7 heteroatoms. The third kappa shape index (κ3) is 4.39. The first-order valence-electron chi connectivity index (χ1n) is 1.95. The van der Waals surface area contributed by atoms with Crippen molar-refractivity contribution >= 4 is 6.09 Å². The van der Waals surface area contributed by atoms with Gasteiger partial charge >= 0.3 is 6.09 Å². The standard InChI is InChI=1S/C2H5N5O2/c3-6-2(8)9-1-5-7-4/h1,3H2,(H,6,8). The molecule has 7 nitrogen and oxygen atoms in total. The van der Waals surface area contributed by atoms with Gasteiger partial charge in [0.25, 0.3) is 0 Å². The molecule has 0 spiro atoms. The summed E-state index contributed by atoms with van der Waals surface area (Å²) in [5.41, 5.74) is 9.35. The monoisotopic (exact) mass is 131 g/mol. The van der Waals surface area contributed by atoms with Gasteiger partial charge in [0.05, 0.1) is 0 Å². The molecule has 0 aliphatic carbocycles. The second-order valence-electron chi connectivity index (χ2n) is 0.936.